The van der Waals surface area contributed by atoms with Crippen LogP contribution in [0, 0.1) is 0 Å². The predicted molar refractivity (Wildman–Crippen MR) is 193 cm³/mol. The Hall–Kier alpha value is -2.79. The molecule has 0 fully saturated rings. The summed E-state index contributed by atoms with van der Waals surface area (Å²) < 4.78 is 0. The Labute approximate surface area is 264 Å². The molecule has 5 nitrogen and oxygen atoms in total. The molecule has 0 aliphatic heterocycles. The van der Waals surface area contributed by atoms with Crippen LogP contribution in [0.2, 0.25) is 0 Å². The molecule has 5 heteroatoms. The summed E-state index contributed by atoms with van der Waals surface area (Å²) >= 11 is 0. The summed E-state index contributed by atoms with van der Waals surface area (Å²) in [5.41, 5.74) is 0. The van der Waals surface area contributed by atoms with E-state index in [0.29, 0.717) is 31.5 Å². The molecule has 2 aromatic carbocycles. The highest BCUT2D eigenvalue weighted by molar-refractivity contribution is 5.77. The van der Waals surface area contributed by atoms with Crippen LogP contribution in [-0.2, 0) is 14.4 Å². The fraction of sp³-hybridized carbons (Fsp3) is 0.595. The molecule has 42 heavy (non-hydrogen) atoms. The van der Waals surface area contributed by atoms with E-state index in [1.807, 2.05) is 114 Å². The molecule has 2 aromatic rings. The fourth-order valence-electron chi connectivity index (χ4n) is 1.34. The van der Waals surface area contributed by atoms with E-state index in [0.717, 1.165) is 13.1 Å². The maximum absolute atomic E-state index is 10.3. The minimum absolute atomic E-state index is 0. The summed E-state index contributed by atoms with van der Waals surface area (Å²) in [6, 6.07) is 24.0. The molecule has 0 aliphatic rings. The van der Waals surface area contributed by atoms with Gasteiger partial charge in [0.05, 0.1) is 0 Å². The first-order valence-electron chi connectivity index (χ1n) is 15.1. The summed E-state index contributed by atoms with van der Waals surface area (Å²) in [4.78, 5) is 30.3. The second kappa shape index (κ2) is 66.5. The number of carbonyl (C=O) groups excluding carboxylic acids is 3. The van der Waals surface area contributed by atoms with Crippen molar-refractivity contribution in [2.24, 2.45) is 0 Å². The van der Waals surface area contributed by atoms with Crippen LogP contribution < -0.4 is 10.6 Å². The van der Waals surface area contributed by atoms with E-state index in [-0.39, 0.29) is 26.5 Å². The third kappa shape index (κ3) is 108. The van der Waals surface area contributed by atoms with Crippen LogP contribution in [0.4, 0.5) is 0 Å². The summed E-state index contributed by atoms with van der Waals surface area (Å²) in [5.74, 6) is 0.725. The highest BCUT2D eigenvalue weighted by Crippen LogP contribution is 1.83. The molecule has 0 bridgehead atoms. The minimum Gasteiger partial charge on any atom is -0.356 e. The van der Waals surface area contributed by atoms with Gasteiger partial charge in [-0.1, -0.05) is 163 Å². The molecule has 0 aromatic heterocycles. The fourth-order valence-corrected chi connectivity index (χ4v) is 1.34. The van der Waals surface area contributed by atoms with Crippen molar-refractivity contribution >= 4 is 17.5 Å². The second-order valence-corrected chi connectivity index (χ2v) is 8.04. The van der Waals surface area contributed by atoms with Crippen LogP contribution in [-0.4, -0.2) is 37.6 Å². The smallest absolute Gasteiger partial charge is 0.219 e. The summed E-state index contributed by atoms with van der Waals surface area (Å²) in [6.45, 7) is 23.3. The van der Waals surface area contributed by atoms with Crippen LogP contribution >= 0.6 is 0 Å². The number of ketones is 2. The zero-order valence-corrected chi connectivity index (χ0v) is 28.3. The van der Waals surface area contributed by atoms with Crippen molar-refractivity contribution in [3.05, 3.63) is 72.8 Å². The second-order valence-electron chi connectivity index (χ2n) is 8.04. The zero-order valence-electron chi connectivity index (χ0n) is 28.3. The molecule has 0 aliphatic carbocycles. The molecular weight excluding hydrogens is 520 g/mol. The van der Waals surface area contributed by atoms with E-state index in [4.69, 9.17) is 0 Å². The number of Topliss-reactive ketones (excluding diaryl/α,β-unsaturated/α-hetero) is 2. The van der Waals surface area contributed by atoms with Gasteiger partial charge in [-0.2, -0.15) is 0 Å². The Morgan fingerprint density at radius 1 is 0.476 bits per heavy atom. The van der Waals surface area contributed by atoms with Gasteiger partial charge in [0, 0.05) is 32.2 Å². The van der Waals surface area contributed by atoms with E-state index in [1.165, 1.54) is 12.8 Å². The predicted octanol–water partition coefficient (Wildman–Crippen LogP) is 10.6. The standard InChI is InChI=1S/2C6H6.C5H11NO.C5H10O.C4H8O.C3H9N.2C3H8.2CH4/c2*1-2-4-6-5-3-1;1-3-5(7)6-4-2;1-3-5(6)4-2;1-3-4(2)5;1-3-4-2;2*1-3-2;;/h2*1-6H;3-4H2,1-2H3,(H,6,7);3-4H2,1-2H3;3H2,1-2H3;4H,3H2,1-2H3;2*3H2,1-2H3;2*1H4. The van der Waals surface area contributed by atoms with Crippen molar-refractivity contribution in [1.82, 2.24) is 10.6 Å². The lowest BCUT2D eigenvalue weighted by Crippen LogP contribution is -2.20. The highest BCUT2D eigenvalue weighted by atomic mass is 16.1. The number of amides is 1. The van der Waals surface area contributed by atoms with Gasteiger partial charge in [-0.15, -0.1) is 0 Å². The Kier molecular flexibility index (Phi) is 93.0. The lowest BCUT2D eigenvalue weighted by molar-refractivity contribution is -0.121. The molecule has 0 saturated heterocycles. The first kappa shape index (κ1) is 58.8. The summed E-state index contributed by atoms with van der Waals surface area (Å²) in [5, 5.41) is 5.59. The first-order chi connectivity index (χ1) is 19.1. The van der Waals surface area contributed by atoms with Crippen LogP contribution in [0.15, 0.2) is 72.8 Å². The van der Waals surface area contributed by atoms with Gasteiger partial charge < -0.3 is 15.4 Å². The number of carbonyl (C=O) groups is 3. The number of rotatable bonds is 6. The average molecular weight is 595 g/mol. The van der Waals surface area contributed by atoms with Gasteiger partial charge >= 0.3 is 0 Å². The van der Waals surface area contributed by atoms with Crippen LogP contribution in [0.5, 0.6) is 0 Å². The van der Waals surface area contributed by atoms with Gasteiger partial charge in [-0.05, 0) is 27.4 Å². The van der Waals surface area contributed by atoms with Crippen molar-refractivity contribution in [3.8, 4) is 0 Å². The zero-order chi connectivity index (χ0) is 32.3. The molecule has 0 heterocycles. The van der Waals surface area contributed by atoms with Gasteiger partial charge in [0.1, 0.15) is 11.6 Å². The van der Waals surface area contributed by atoms with Gasteiger partial charge in [0.15, 0.2) is 0 Å². The van der Waals surface area contributed by atoms with Gasteiger partial charge in [0.2, 0.25) is 5.91 Å². The minimum atomic E-state index is 0. The Morgan fingerprint density at radius 2 is 0.690 bits per heavy atom. The molecule has 0 atom stereocenters. The maximum atomic E-state index is 10.3. The number of benzene rings is 2. The van der Waals surface area contributed by atoms with E-state index in [1.54, 1.807) is 6.92 Å². The van der Waals surface area contributed by atoms with E-state index in [9.17, 15) is 14.4 Å². The quantitative estimate of drug-likeness (QED) is 0.349. The Morgan fingerprint density at radius 3 is 0.738 bits per heavy atom. The molecule has 2 N–H and O–H groups in total. The normalized spacial score (nSPS) is 7.33. The topological polar surface area (TPSA) is 75.3 Å². The molecule has 0 spiro atoms. The summed E-state index contributed by atoms with van der Waals surface area (Å²) in [6.07, 6.45) is 5.14. The first-order valence-corrected chi connectivity index (χ1v) is 15.1. The van der Waals surface area contributed by atoms with Gasteiger partial charge in [0.25, 0.3) is 0 Å². The van der Waals surface area contributed by atoms with Crippen molar-refractivity contribution in [1.29, 1.82) is 0 Å². The lowest BCUT2D eigenvalue weighted by Gasteiger charge is -1.93. The largest absolute Gasteiger partial charge is 0.356 e. The SMILES string of the molecule is C.C.CCC.CCC.CCC(=O)CC.CCC(C)=O.CCNC.CCNC(=O)CC.c1ccccc1.c1ccccc1. The van der Waals surface area contributed by atoms with Crippen molar-refractivity contribution < 1.29 is 14.4 Å². The van der Waals surface area contributed by atoms with Crippen LogP contribution in [0.1, 0.15) is 130 Å². The molecule has 0 radical (unpaired) electrons. The van der Waals surface area contributed by atoms with Gasteiger partial charge in [-0.25, -0.2) is 0 Å². The number of nitrogens with one attached hydrogen (secondary N) is 2. The Balaban J connectivity index is -0.0000000529. The number of hydrogen-bond acceptors (Lipinski definition) is 4. The Bertz CT molecular complexity index is 568. The number of hydrogen-bond donors (Lipinski definition) is 2. The van der Waals surface area contributed by atoms with Crippen molar-refractivity contribution in [3.63, 3.8) is 0 Å². The van der Waals surface area contributed by atoms with Gasteiger partial charge in [-0.3, -0.25) is 9.59 Å². The molecule has 0 unspecified atom stereocenters. The molecule has 0 saturated carbocycles. The van der Waals surface area contributed by atoms with Crippen molar-refractivity contribution in [2.75, 3.05) is 20.1 Å². The van der Waals surface area contributed by atoms with Crippen molar-refractivity contribution in [2.45, 2.75) is 130 Å². The van der Waals surface area contributed by atoms with Crippen LogP contribution in [0.3, 0.4) is 0 Å². The average Bonchev–Trinajstić information content (AvgIpc) is 3.00. The maximum Gasteiger partial charge on any atom is 0.219 e. The molecule has 250 valence electrons. The molecular formula is C37H74N2O3. The third-order valence-electron chi connectivity index (χ3n) is 3.67. The van der Waals surface area contributed by atoms with E-state index < -0.39 is 0 Å². The van der Waals surface area contributed by atoms with E-state index in [2.05, 4.69) is 45.3 Å². The summed E-state index contributed by atoms with van der Waals surface area (Å²) in [7, 11) is 1.93. The van der Waals surface area contributed by atoms with E-state index >= 15 is 0 Å². The highest BCUT2D eigenvalue weighted by Gasteiger charge is 1.88. The third-order valence-corrected chi connectivity index (χ3v) is 3.67. The van der Waals surface area contributed by atoms with Crippen LogP contribution in [0.25, 0.3) is 0 Å². The molecule has 1 amide bonds. The molecule has 2 rings (SSSR count). The lowest BCUT2D eigenvalue weighted by atomic mass is 10.3. The monoisotopic (exact) mass is 595 g/mol.